The van der Waals surface area contributed by atoms with E-state index in [4.69, 9.17) is 4.42 Å². The zero-order chi connectivity index (χ0) is 15.0. The molecule has 0 atom stereocenters. The minimum absolute atomic E-state index is 0.0535. The molecule has 1 heterocycles. The Balaban J connectivity index is 2.21. The molecule has 0 aliphatic rings. The molecule has 0 radical (unpaired) electrons. The van der Waals surface area contributed by atoms with Crippen LogP contribution in [0.4, 0.5) is 11.4 Å². The summed E-state index contributed by atoms with van der Waals surface area (Å²) in [4.78, 5) is 24.6. The number of hydrogen-bond acceptors (Lipinski definition) is 6. The first kappa shape index (κ1) is 12.7. The van der Waals surface area contributed by atoms with Gasteiger partial charge in [-0.15, -0.1) is 0 Å². The van der Waals surface area contributed by atoms with Crippen molar-refractivity contribution >= 4 is 22.5 Å². The van der Waals surface area contributed by atoms with Gasteiger partial charge in [-0.1, -0.05) is 12.1 Å². The molecule has 8 heteroatoms. The standard InChI is InChI=1S/C13H7N3O5/c17-15(18)8-5-6-9(11(7-8)16(19)20)13-14-10-3-1-2-4-12(10)21-13/h1-7H. The summed E-state index contributed by atoms with van der Waals surface area (Å²) >= 11 is 0. The highest BCUT2D eigenvalue weighted by atomic mass is 16.6. The van der Waals surface area contributed by atoms with Crippen LogP contribution in [-0.4, -0.2) is 14.8 Å². The zero-order valence-corrected chi connectivity index (χ0v) is 10.4. The second-order valence-electron chi connectivity index (χ2n) is 4.20. The van der Waals surface area contributed by atoms with Crippen molar-refractivity contribution in [2.24, 2.45) is 0 Å². The number of nitro groups is 2. The largest absolute Gasteiger partial charge is 0.436 e. The molecule has 0 saturated heterocycles. The average Bonchev–Trinajstić information content (AvgIpc) is 2.90. The summed E-state index contributed by atoms with van der Waals surface area (Å²) in [5.74, 6) is 0.0535. The number of benzene rings is 2. The summed E-state index contributed by atoms with van der Waals surface area (Å²) in [5.41, 5.74) is 0.361. The van der Waals surface area contributed by atoms with E-state index in [0.29, 0.717) is 11.1 Å². The maximum atomic E-state index is 11.1. The van der Waals surface area contributed by atoms with E-state index in [0.717, 1.165) is 6.07 Å². The lowest BCUT2D eigenvalue weighted by Crippen LogP contribution is -1.95. The van der Waals surface area contributed by atoms with Gasteiger partial charge in [-0.2, -0.15) is 0 Å². The summed E-state index contributed by atoms with van der Waals surface area (Å²) in [5, 5.41) is 21.8. The molecule has 0 amide bonds. The Morgan fingerprint density at radius 3 is 2.43 bits per heavy atom. The van der Waals surface area contributed by atoms with Gasteiger partial charge in [0.05, 0.1) is 15.9 Å². The van der Waals surface area contributed by atoms with E-state index in [9.17, 15) is 20.2 Å². The number of para-hydroxylation sites is 2. The number of hydrogen-bond donors (Lipinski definition) is 0. The van der Waals surface area contributed by atoms with E-state index in [1.54, 1.807) is 24.3 Å². The van der Waals surface area contributed by atoms with Gasteiger partial charge in [0.25, 0.3) is 11.4 Å². The number of aromatic nitrogens is 1. The molecule has 104 valence electrons. The molecule has 0 saturated carbocycles. The number of non-ortho nitro benzene ring substituents is 1. The fourth-order valence-electron chi connectivity index (χ4n) is 1.95. The van der Waals surface area contributed by atoms with Gasteiger partial charge in [0.1, 0.15) is 11.1 Å². The third kappa shape index (κ3) is 2.18. The van der Waals surface area contributed by atoms with Crippen molar-refractivity contribution in [1.29, 1.82) is 0 Å². The Morgan fingerprint density at radius 1 is 1.00 bits per heavy atom. The Morgan fingerprint density at radius 2 is 1.76 bits per heavy atom. The first-order chi connectivity index (χ1) is 10.1. The van der Waals surface area contributed by atoms with Gasteiger partial charge in [0.2, 0.25) is 5.89 Å². The Kier molecular flexibility index (Phi) is 2.83. The lowest BCUT2D eigenvalue weighted by Gasteiger charge is -1.98. The minimum atomic E-state index is -0.697. The molecule has 8 nitrogen and oxygen atoms in total. The molecule has 0 aliphatic carbocycles. The molecule has 0 bridgehead atoms. The van der Waals surface area contributed by atoms with Crippen LogP contribution in [0.3, 0.4) is 0 Å². The van der Waals surface area contributed by atoms with E-state index in [1.807, 2.05) is 0 Å². The molecule has 0 N–H and O–H groups in total. The van der Waals surface area contributed by atoms with Crippen LogP contribution in [0.25, 0.3) is 22.6 Å². The third-order valence-electron chi connectivity index (χ3n) is 2.91. The van der Waals surface area contributed by atoms with Crippen molar-refractivity contribution in [3.05, 3.63) is 62.7 Å². The fourth-order valence-corrected chi connectivity index (χ4v) is 1.95. The Labute approximate surface area is 116 Å². The number of rotatable bonds is 3. The van der Waals surface area contributed by atoms with Crippen molar-refractivity contribution in [2.45, 2.75) is 0 Å². The monoisotopic (exact) mass is 285 g/mol. The molecule has 3 rings (SSSR count). The zero-order valence-electron chi connectivity index (χ0n) is 10.4. The number of nitro benzene ring substituents is 2. The van der Waals surface area contributed by atoms with E-state index in [1.165, 1.54) is 12.1 Å². The van der Waals surface area contributed by atoms with Crippen LogP contribution in [0.15, 0.2) is 46.9 Å². The second kappa shape index (κ2) is 4.67. The molecule has 0 spiro atoms. The third-order valence-corrected chi connectivity index (χ3v) is 2.91. The van der Waals surface area contributed by atoms with Gasteiger partial charge in [-0.3, -0.25) is 20.2 Å². The molecular formula is C13H7N3O5. The van der Waals surface area contributed by atoms with Gasteiger partial charge in [0, 0.05) is 6.07 Å². The Bertz CT molecular complexity index is 838. The molecule has 0 aliphatic heterocycles. The molecule has 0 unspecified atom stereocenters. The van der Waals surface area contributed by atoms with Crippen molar-refractivity contribution in [1.82, 2.24) is 4.98 Å². The summed E-state index contributed by atoms with van der Waals surface area (Å²) in [6, 6.07) is 10.2. The van der Waals surface area contributed by atoms with Crippen LogP contribution in [0, 0.1) is 20.2 Å². The van der Waals surface area contributed by atoms with Crippen LogP contribution in [-0.2, 0) is 0 Å². The fraction of sp³-hybridized carbons (Fsp3) is 0. The summed E-state index contributed by atoms with van der Waals surface area (Å²) < 4.78 is 5.46. The topological polar surface area (TPSA) is 112 Å². The summed E-state index contributed by atoms with van der Waals surface area (Å²) in [6.45, 7) is 0. The van der Waals surface area contributed by atoms with Gasteiger partial charge in [-0.05, 0) is 18.2 Å². The van der Waals surface area contributed by atoms with Crippen LogP contribution in [0.1, 0.15) is 0 Å². The SMILES string of the molecule is O=[N+]([O-])c1ccc(-c2nc3ccccc3o2)c([N+](=O)[O-])c1. The predicted octanol–water partition coefficient (Wildman–Crippen LogP) is 3.31. The molecule has 1 aromatic heterocycles. The highest BCUT2D eigenvalue weighted by Gasteiger charge is 2.23. The average molecular weight is 285 g/mol. The minimum Gasteiger partial charge on any atom is -0.436 e. The lowest BCUT2D eigenvalue weighted by molar-refractivity contribution is -0.393. The van der Waals surface area contributed by atoms with E-state index in [2.05, 4.69) is 4.98 Å². The number of fused-ring (bicyclic) bond motifs is 1. The highest BCUT2D eigenvalue weighted by molar-refractivity contribution is 5.78. The first-order valence-corrected chi connectivity index (χ1v) is 5.85. The predicted molar refractivity (Wildman–Crippen MR) is 72.8 cm³/mol. The smallest absolute Gasteiger partial charge is 0.288 e. The van der Waals surface area contributed by atoms with Gasteiger partial charge in [0.15, 0.2) is 5.58 Å². The van der Waals surface area contributed by atoms with Crippen molar-refractivity contribution in [3.63, 3.8) is 0 Å². The van der Waals surface area contributed by atoms with Gasteiger partial charge >= 0.3 is 0 Å². The first-order valence-electron chi connectivity index (χ1n) is 5.85. The van der Waals surface area contributed by atoms with Crippen molar-refractivity contribution in [2.75, 3.05) is 0 Å². The van der Waals surface area contributed by atoms with Crippen LogP contribution < -0.4 is 0 Å². The number of oxazole rings is 1. The normalized spacial score (nSPS) is 10.7. The van der Waals surface area contributed by atoms with Crippen molar-refractivity contribution in [3.8, 4) is 11.5 Å². The second-order valence-corrected chi connectivity index (χ2v) is 4.20. The summed E-state index contributed by atoms with van der Waals surface area (Å²) in [6.07, 6.45) is 0. The van der Waals surface area contributed by atoms with Gasteiger partial charge in [-0.25, -0.2) is 4.98 Å². The number of nitrogens with zero attached hydrogens (tertiary/aromatic N) is 3. The van der Waals surface area contributed by atoms with E-state index >= 15 is 0 Å². The Hall–Kier alpha value is -3.29. The molecule has 3 aromatic rings. The van der Waals surface area contributed by atoms with Crippen LogP contribution in [0.2, 0.25) is 0 Å². The highest BCUT2D eigenvalue weighted by Crippen LogP contribution is 2.34. The maximum Gasteiger partial charge on any atom is 0.288 e. The molecule has 2 aromatic carbocycles. The van der Waals surface area contributed by atoms with Gasteiger partial charge < -0.3 is 4.42 Å². The maximum absolute atomic E-state index is 11.1. The lowest BCUT2D eigenvalue weighted by atomic mass is 10.1. The molecule has 0 fully saturated rings. The summed E-state index contributed by atoms with van der Waals surface area (Å²) in [7, 11) is 0. The molecule has 21 heavy (non-hydrogen) atoms. The van der Waals surface area contributed by atoms with Crippen LogP contribution >= 0.6 is 0 Å². The van der Waals surface area contributed by atoms with E-state index in [-0.39, 0.29) is 17.1 Å². The van der Waals surface area contributed by atoms with Crippen molar-refractivity contribution < 1.29 is 14.3 Å². The van der Waals surface area contributed by atoms with Crippen LogP contribution in [0.5, 0.6) is 0 Å². The quantitative estimate of drug-likeness (QED) is 0.538. The molecular weight excluding hydrogens is 278 g/mol. The van der Waals surface area contributed by atoms with E-state index < -0.39 is 15.5 Å².